The highest BCUT2D eigenvalue weighted by Gasteiger charge is 2.64. The fourth-order valence-electron chi connectivity index (χ4n) is 4.57. The maximum Gasteiger partial charge on any atom is 0.101 e. The minimum Gasteiger partial charge on any atom is -0.366 e. The third-order valence-corrected chi connectivity index (χ3v) is 7.39. The maximum atomic E-state index is 6.62. The fourth-order valence-corrected chi connectivity index (χ4v) is 6.36. The monoisotopic (exact) mass is 430 g/mol. The van der Waals surface area contributed by atoms with E-state index >= 15 is 0 Å². The number of benzene rings is 2. The quantitative estimate of drug-likeness (QED) is 0.428. The molecule has 2 aromatic rings. The van der Waals surface area contributed by atoms with Crippen LogP contribution in [0.4, 0.5) is 0 Å². The summed E-state index contributed by atoms with van der Waals surface area (Å²) in [5.74, 6) is 1.31. The molecule has 1 nitrogen and oxygen atoms in total. The van der Waals surface area contributed by atoms with Crippen LogP contribution in [0.2, 0.25) is 0 Å². The van der Waals surface area contributed by atoms with E-state index in [-0.39, 0.29) is 5.60 Å². The van der Waals surface area contributed by atoms with Crippen LogP contribution in [0, 0.1) is 11.8 Å². The lowest BCUT2D eigenvalue weighted by Gasteiger charge is -2.62. The molecule has 0 aliphatic heterocycles. The van der Waals surface area contributed by atoms with Crippen LogP contribution in [0.25, 0.3) is 6.08 Å². The fraction of sp³-hybridized carbons (Fsp3) is 0.364. The van der Waals surface area contributed by atoms with Gasteiger partial charge in [0.2, 0.25) is 0 Å². The molecule has 24 heavy (non-hydrogen) atoms. The van der Waals surface area contributed by atoms with Gasteiger partial charge < -0.3 is 4.74 Å². The second kappa shape index (κ2) is 7.01. The van der Waals surface area contributed by atoms with E-state index in [9.17, 15) is 0 Å². The second-order valence-corrected chi connectivity index (χ2v) is 8.31. The number of hydrogen-bond acceptors (Lipinski definition) is 1. The number of fused-ring (bicyclic) bond motifs is 2. The molecule has 0 saturated heterocycles. The Labute approximate surface area is 158 Å². The summed E-state index contributed by atoms with van der Waals surface area (Å²) in [6, 6.07) is 21.4. The molecule has 0 radical (unpaired) electrons. The Hall–Kier alpha value is -1.13. The first-order valence-corrected chi connectivity index (χ1v) is 10.1. The number of ether oxygens (including phenoxy) is 1. The molecule has 2 saturated carbocycles. The van der Waals surface area contributed by atoms with Crippen molar-refractivity contribution in [3.8, 4) is 0 Å². The second-order valence-electron chi connectivity index (χ2n) is 6.87. The Morgan fingerprint density at radius 3 is 2.21 bits per heavy atom. The van der Waals surface area contributed by atoms with Crippen molar-refractivity contribution in [1.82, 2.24) is 0 Å². The van der Waals surface area contributed by atoms with Gasteiger partial charge in [-0.3, -0.25) is 0 Å². The van der Waals surface area contributed by atoms with Crippen LogP contribution in [0.5, 0.6) is 0 Å². The van der Waals surface area contributed by atoms with Crippen LogP contribution < -0.4 is 0 Å². The first-order valence-electron chi connectivity index (χ1n) is 8.87. The molecule has 2 fully saturated rings. The van der Waals surface area contributed by atoms with Crippen molar-refractivity contribution in [2.45, 2.75) is 28.8 Å². The van der Waals surface area contributed by atoms with Crippen LogP contribution in [0.15, 0.2) is 66.7 Å². The van der Waals surface area contributed by atoms with Gasteiger partial charge in [-0.15, -0.1) is 0 Å². The SMILES string of the molecule is IC1C2CCCC1C2(OC/C=C/c1ccccc1)c1ccccc1. The van der Waals surface area contributed by atoms with Crippen molar-refractivity contribution in [1.29, 1.82) is 0 Å². The molecule has 124 valence electrons. The minimum absolute atomic E-state index is 0.0631. The lowest BCUT2D eigenvalue weighted by molar-refractivity contribution is -0.205. The van der Waals surface area contributed by atoms with Crippen LogP contribution in [-0.4, -0.2) is 10.5 Å². The van der Waals surface area contributed by atoms with E-state index in [2.05, 4.69) is 89.3 Å². The highest BCUT2D eigenvalue weighted by Crippen LogP contribution is 2.64. The molecule has 2 aliphatic carbocycles. The highest BCUT2D eigenvalue weighted by molar-refractivity contribution is 14.1. The first-order chi connectivity index (χ1) is 11.8. The molecule has 4 rings (SSSR count). The zero-order chi connectivity index (χ0) is 16.4. The van der Waals surface area contributed by atoms with E-state index in [1.54, 1.807) is 0 Å². The maximum absolute atomic E-state index is 6.62. The molecule has 2 bridgehead atoms. The molecular weight excluding hydrogens is 407 g/mol. The van der Waals surface area contributed by atoms with Gasteiger partial charge in [0.1, 0.15) is 5.60 Å². The van der Waals surface area contributed by atoms with Crippen LogP contribution >= 0.6 is 22.6 Å². The van der Waals surface area contributed by atoms with Crippen molar-refractivity contribution < 1.29 is 4.74 Å². The standard InChI is InChI=1S/C22H23IO/c23-21-19-14-7-15-20(21)22(19,18-12-5-2-6-13-18)24-16-8-11-17-9-3-1-4-10-17/h1-6,8-13,19-21H,7,14-16H2/b11-8+. The van der Waals surface area contributed by atoms with Crippen molar-refractivity contribution in [2.24, 2.45) is 11.8 Å². The summed E-state index contributed by atoms with van der Waals surface area (Å²) >= 11 is 2.66. The van der Waals surface area contributed by atoms with Gasteiger partial charge in [0, 0.05) is 15.8 Å². The summed E-state index contributed by atoms with van der Waals surface area (Å²) in [4.78, 5) is 0. The molecule has 0 heterocycles. The van der Waals surface area contributed by atoms with Crippen molar-refractivity contribution >= 4 is 28.7 Å². The predicted octanol–water partition coefficient (Wildman–Crippen LogP) is 5.85. The van der Waals surface area contributed by atoms with E-state index in [1.165, 1.54) is 30.4 Å². The van der Waals surface area contributed by atoms with Gasteiger partial charge in [-0.05, 0) is 24.0 Å². The Kier molecular flexibility index (Phi) is 4.77. The van der Waals surface area contributed by atoms with Gasteiger partial charge in [-0.25, -0.2) is 0 Å². The molecule has 0 aromatic heterocycles. The zero-order valence-corrected chi connectivity index (χ0v) is 15.9. The summed E-state index contributed by atoms with van der Waals surface area (Å²) in [6.07, 6.45) is 8.26. The topological polar surface area (TPSA) is 9.23 Å². The Bertz CT molecular complexity index is 682. The normalized spacial score (nSPS) is 31.8. The van der Waals surface area contributed by atoms with Gasteiger partial charge in [-0.2, -0.15) is 0 Å². The van der Waals surface area contributed by atoms with Gasteiger partial charge in [0.15, 0.2) is 0 Å². The van der Waals surface area contributed by atoms with Crippen LogP contribution in [-0.2, 0) is 10.3 Å². The third kappa shape index (κ3) is 2.74. The Balaban J connectivity index is 1.53. The predicted molar refractivity (Wildman–Crippen MR) is 108 cm³/mol. The average molecular weight is 430 g/mol. The Morgan fingerprint density at radius 2 is 1.58 bits per heavy atom. The number of hydrogen-bond donors (Lipinski definition) is 0. The lowest BCUT2D eigenvalue weighted by atomic mass is 9.51. The number of rotatable bonds is 5. The highest BCUT2D eigenvalue weighted by atomic mass is 127. The van der Waals surface area contributed by atoms with Gasteiger partial charge in [0.25, 0.3) is 0 Å². The minimum atomic E-state index is -0.0631. The molecular formula is C22H23IO. The summed E-state index contributed by atoms with van der Waals surface area (Å²) < 4.78 is 7.38. The van der Waals surface area contributed by atoms with E-state index in [0.717, 1.165) is 3.92 Å². The van der Waals surface area contributed by atoms with E-state index < -0.39 is 0 Å². The largest absolute Gasteiger partial charge is 0.366 e. The van der Waals surface area contributed by atoms with E-state index in [1.807, 2.05) is 6.07 Å². The molecule has 0 N–H and O–H groups in total. The van der Waals surface area contributed by atoms with Gasteiger partial charge in [0.05, 0.1) is 6.61 Å². The zero-order valence-electron chi connectivity index (χ0n) is 13.8. The lowest BCUT2D eigenvalue weighted by Crippen LogP contribution is -2.64. The van der Waals surface area contributed by atoms with Crippen molar-refractivity contribution in [3.63, 3.8) is 0 Å². The molecule has 0 spiro atoms. The van der Waals surface area contributed by atoms with E-state index in [4.69, 9.17) is 4.74 Å². The molecule has 0 amide bonds. The summed E-state index contributed by atoms with van der Waals surface area (Å²) in [5, 5.41) is 0. The van der Waals surface area contributed by atoms with Crippen molar-refractivity contribution in [2.75, 3.05) is 6.61 Å². The summed E-state index contributed by atoms with van der Waals surface area (Å²) in [5.41, 5.74) is 2.54. The Morgan fingerprint density at radius 1 is 0.958 bits per heavy atom. The molecule has 2 unspecified atom stereocenters. The van der Waals surface area contributed by atoms with Crippen molar-refractivity contribution in [3.05, 3.63) is 77.9 Å². The van der Waals surface area contributed by atoms with E-state index in [0.29, 0.717) is 18.4 Å². The van der Waals surface area contributed by atoms with Gasteiger partial charge in [-0.1, -0.05) is 102 Å². The molecule has 2 aliphatic rings. The summed E-state index contributed by atoms with van der Waals surface area (Å²) in [7, 11) is 0. The summed E-state index contributed by atoms with van der Waals surface area (Å²) in [6.45, 7) is 0.681. The van der Waals surface area contributed by atoms with Crippen LogP contribution in [0.1, 0.15) is 30.4 Å². The van der Waals surface area contributed by atoms with Crippen LogP contribution in [0.3, 0.4) is 0 Å². The molecule has 2 atom stereocenters. The first kappa shape index (κ1) is 16.3. The number of alkyl halides is 1. The smallest absolute Gasteiger partial charge is 0.101 e. The third-order valence-electron chi connectivity index (χ3n) is 5.65. The average Bonchev–Trinajstić information content (AvgIpc) is 2.66. The molecule has 2 heteroatoms. The van der Waals surface area contributed by atoms with Gasteiger partial charge >= 0.3 is 0 Å². The molecule has 2 aromatic carbocycles. The number of halogens is 1.